The summed E-state index contributed by atoms with van der Waals surface area (Å²) >= 11 is 0. The van der Waals surface area contributed by atoms with E-state index in [1.165, 1.54) is 24.3 Å². The van der Waals surface area contributed by atoms with E-state index in [2.05, 4.69) is 15.6 Å². The molecule has 1 aromatic heterocycles. The van der Waals surface area contributed by atoms with Gasteiger partial charge >= 0.3 is 0 Å². The number of carbonyl (C=O) groups is 2. The lowest BCUT2D eigenvalue weighted by Crippen LogP contribution is -2.25. The van der Waals surface area contributed by atoms with Crippen LogP contribution in [0.15, 0.2) is 60.7 Å². The standard InChI is InChI=1S/C21H17F2N3O2/c1-13-5-7-14(8-6-13)12-24-20(27)18-3-2-4-19(26-18)21(28)25-15-9-10-16(22)17(23)11-15/h2-11H,12H2,1H3,(H,24,27)(H,25,28). The topological polar surface area (TPSA) is 71.1 Å². The Morgan fingerprint density at radius 1 is 0.893 bits per heavy atom. The zero-order valence-corrected chi connectivity index (χ0v) is 15.0. The fourth-order valence-corrected chi connectivity index (χ4v) is 2.44. The molecule has 3 aromatic rings. The van der Waals surface area contributed by atoms with Crippen molar-refractivity contribution in [2.45, 2.75) is 13.5 Å². The lowest BCUT2D eigenvalue weighted by molar-refractivity contribution is 0.0945. The molecule has 0 aliphatic heterocycles. The Kier molecular flexibility index (Phi) is 5.74. The van der Waals surface area contributed by atoms with Crippen molar-refractivity contribution in [3.8, 4) is 0 Å². The van der Waals surface area contributed by atoms with Crippen molar-refractivity contribution in [2.75, 3.05) is 5.32 Å². The average molecular weight is 381 g/mol. The molecule has 0 unspecified atom stereocenters. The largest absolute Gasteiger partial charge is 0.347 e. The minimum Gasteiger partial charge on any atom is -0.347 e. The Morgan fingerprint density at radius 3 is 2.25 bits per heavy atom. The minimum absolute atomic E-state index is 0.0206. The second-order valence-electron chi connectivity index (χ2n) is 6.16. The number of nitrogens with one attached hydrogen (secondary N) is 2. The molecular formula is C21H17F2N3O2. The third-order valence-corrected chi connectivity index (χ3v) is 3.97. The monoisotopic (exact) mass is 381 g/mol. The summed E-state index contributed by atoms with van der Waals surface area (Å²) in [6.45, 7) is 2.30. The summed E-state index contributed by atoms with van der Waals surface area (Å²) in [6, 6.07) is 15.2. The van der Waals surface area contributed by atoms with E-state index in [9.17, 15) is 18.4 Å². The molecule has 0 bridgehead atoms. The van der Waals surface area contributed by atoms with Crippen LogP contribution in [0.3, 0.4) is 0 Å². The number of amides is 2. The van der Waals surface area contributed by atoms with Gasteiger partial charge in [-0.1, -0.05) is 35.9 Å². The molecule has 2 amide bonds. The highest BCUT2D eigenvalue weighted by molar-refractivity contribution is 6.03. The molecule has 0 spiro atoms. The summed E-state index contributed by atoms with van der Waals surface area (Å²) < 4.78 is 26.2. The maximum Gasteiger partial charge on any atom is 0.274 e. The van der Waals surface area contributed by atoms with Gasteiger partial charge in [-0.05, 0) is 36.8 Å². The first-order chi connectivity index (χ1) is 13.4. The first-order valence-corrected chi connectivity index (χ1v) is 8.49. The molecule has 5 nitrogen and oxygen atoms in total. The van der Waals surface area contributed by atoms with Crippen molar-refractivity contribution in [1.82, 2.24) is 10.3 Å². The molecule has 0 aliphatic rings. The summed E-state index contributed by atoms with van der Waals surface area (Å²) in [5.41, 5.74) is 2.19. The first-order valence-electron chi connectivity index (χ1n) is 8.49. The van der Waals surface area contributed by atoms with Crippen LogP contribution in [0.25, 0.3) is 0 Å². The van der Waals surface area contributed by atoms with E-state index in [4.69, 9.17) is 0 Å². The van der Waals surface area contributed by atoms with Gasteiger partial charge in [0.15, 0.2) is 11.6 Å². The van der Waals surface area contributed by atoms with Crippen molar-refractivity contribution >= 4 is 17.5 Å². The van der Waals surface area contributed by atoms with Crippen molar-refractivity contribution in [2.24, 2.45) is 0 Å². The van der Waals surface area contributed by atoms with E-state index in [1.54, 1.807) is 0 Å². The number of hydrogen-bond acceptors (Lipinski definition) is 3. The maximum absolute atomic E-state index is 13.3. The average Bonchev–Trinajstić information content (AvgIpc) is 2.70. The molecule has 3 rings (SSSR count). The molecule has 0 aliphatic carbocycles. The Hall–Kier alpha value is -3.61. The lowest BCUT2D eigenvalue weighted by atomic mass is 10.1. The molecule has 0 atom stereocenters. The summed E-state index contributed by atoms with van der Waals surface area (Å²) in [5.74, 6) is -3.15. The summed E-state index contributed by atoms with van der Waals surface area (Å²) in [7, 11) is 0. The predicted molar refractivity (Wildman–Crippen MR) is 101 cm³/mol. The van der Waals surface area contributed by atoms with Crippen LogP contribution in [0.5, 0.6) is 0 Å². The normalized spacial score (nSPS) is 10.4. The van der Waals surface area contributed by atoms with Gasteiger partial charge in [-0.25, -0.2) is 13.8 Å². The predicted octanol–water partition coefficient (Wildman–Crippen LogP) is 3.85. The zero-order valence-electron chi connectivity index (χ0n) is 15.0. The number of rotatable bonds is 5. The first kappa shape index (κ1) is 19.2. The Balaban J connectivity index is 1.66. The van der Waals surface area contributed by atoms with E-state index < -0.39 is 23.4 Å². The molecule has 1 heterocycles. The molecule has 2 N–H and O–H groups in total. The Morgan fingerprint density at radius 2 is 1.57 bits per heavy atom. The number of halogens is 2. The van der Waals surface area contributed by atoms with Crippen LogP contribution in [0, 0.1) is 18.6 Å². The van der Waals surface area contributed by atoms with Gasteiger partial charge in [-0.2, -0.15) is 0 Å². The second kappa shape index (κ2) is 8.39. The van der Waals surface area contributed by atoms with Gasteiger partial charge in [0.25, 0.3) is 11.8 Å². The van der Waals surface area contributed by atoms with Crippen LogP contribution in [-0.4, -0.2) is 16.8 Å². The number of anilines is 1. The number of hydrogen-bond donors (Lipinski definition) is 2. The summed E-state index contributed by atoms with van der Waals surface area (Å²) in [6.07, 6.45) is 0. The second-order valence-corrected chi connectivity index (χ2v) is 6.16. The van der Waals surface area contributed by atoms with Crippen LogP contribution in [-0.2, 0) is 6.54 Å². The summed E-state index contributed by atoms with van der Waals surface area (Å²) in [5, 5.41) is 5.16. The van der Waals surface area contributed by atoms with Gasteiger partial charge in [0.2, 0.25) is 0 Å². The van der Waals surface area contributed by atoms with Gasteiger partial charge < -0.3 is 10.6 Å². The van der Waals surface area contributed by atoms with Crippen LogP contribution in [0.1, 0.15) is 32.1 Å². The quantitative estimate of drug-likeness (QED) is 0.705. The van der Waals surface area contributed by atoms with Gasteiger partial charge in [0, 0.05) is 18.3 Å². The zero-order chi connectivity index (χ0) is 20.1. The Labute approximate surface area is 160 Å². The van der Waals surface area contributed by atoms with E-state index >= 15 is 0 Å². The molecule has 142 valence electrons. The molecular weight excluding hydrogens is 364 g/mol. The van der Waals surface area contributed by atoms with E-state index in [0.29, 0.717) is 6.54 Å². The Bertz CT molecular complexity index is 1020. The smallest absolute Gasteiger partial charge is 0.274 e. The highest BCUT2D eigenvalue weighted by Gasteiger charge is 2.13. The molecule has 0 saturated heterocycles. The van der Waals surface area contributed by atoms with Gasteiger partial charge in [-0.15, -0.1) is 0 Å². The molecule has 28 heavy (non-hydrogen) atoms. The number of benzene rings is 2. The number of carbonyl (C=O) groups excluding carboxylic acids is 2. The van der Waals surface area contributed by atoms with Crippen molar-refractivity contribution in [3.63, 3.8) is 0 Å². The number of nitrogens with zero attached hydrogens (tertiary/aromatic N) is 1. The number of aromatic nitrogens is 1. The highest BCUT2D eigenvalue weighted by atomic mass is 19.2. The van der Waals surface area contributed by atoms with Crippen molar-refractivity contribution in [1.29, 1.82) is 0 Å². The molecule has 7 heteroatoms. The third kappa shape index (κ3) is 4.76. The lowest BCUT2D eigenvalue weighted by Gasteiger charge is -2.08. The van der Waals surface area contributed by atoms with Crippen molar-refractivity contribution < 1.29 is 18.4 Å². The minimum atomic E-state index is -1.07. The SMILES string of the molecule is Cc1ccc(CNC(=O)c2cccc(C(=O)Nc3ccc(F)c(F)c3)n2)cc1. The van der Waals surface area contributed by atoms with Gasteiger partial charge in [0.05, 0.1) is 0 Å². The molecule has 0 radical (unpaired) electrons. The number of aryl methyl sites for hydroxylation is 1. The highest BCUT2D eigenvalue weighted by Crippen LogP contribution is 2.14. The van der Waals surface area contributed by atoms with E-state index in [0.717, 1.165) is 23.3 Å². The van der Waals surface area contributed by atoms with Gasteiger partial charge in [-0.3, -0.25) is 9.59 Å². The van der Waals surface area contributed by atoms with Crippen LogP contribution < -0.4 is 10.6 Å². The van der Waals surface area contributed by atoms with Crippen LogP contribution in [0.2, 0.25) is 0 Å². The van der Waals surface area contributed by atoms with E-state index in [1.807, 2.05) is 31.2 Å². The molecule has 2 aromatic carbocycles. The van der Waals surface area contributed by atoms with Crippen molar-refractivity contribution in [3.05, 3.63) is 94.8 Å². The van der Waals surface area contributed by atoms with Crippen LogP contribution in [0.4, 0.5) is 14.5 Å². The maximum atomic E-state index is 13.3. The molecule has 0 fully saturated rings. The van der Waals surface area contributed by atoms with E-state index in [-0.39, 0.29) is 17.1 Å². The molecule has 0 saturated carbocycles. The van der Waals surface area contributed by atoms with Gasteiger partial charge in [0.1, 0.15) is 11.4 Å². The van der Waals surface area contributed by atoms with Crippen LogP contribution >= 0.6 is 0 Å². The fraction of sp³-hybridized carbons (Fsp3) is 0.0952. The fourth-order valence-electron chi connectivity index (χ4n) is 2.44. The number of pyridine rings is 1. The summed E-state index contributed by atoms with van der Waals surface area (Å²) in [4.78, 5) is 28.6. The third-order valence-electron chi connectivity index (χ3n) is 3.97.